The fourth-order valence-corrected chi connectivity index (χ4v) is 0.385. The summed E-state index contributed by atoms with van der Waals surface area (Å²) in [6, 6.07) is 12.0. The van der Waals surface area contributed by atoms with E-state index >= 15 is 0 Å². The Balaban J connectivity index is 0. The van der Waals surface area contributed by atoms with E-state index in [1.54, 1.807) is 0 Å². The molecule has 1 rings (SSSR count). The molecule has 60 valence electrons. The summed E-state index contributed by atoms with van der Waals surface area (Å²) < 4.78 is 0. The summed E-state index contributed by atoms with van der Waals surface area (Å²) in [6.45, 7) is 1.54. The number of benzene rings is 1. The average molecular weight is 190 g/mol. The van der Waals surface area contributed by atoms with Gasteiger partial charge >= 0.3 is 51.4 Å². The molecule has 0 atom stereocenters. The maximum Gasteiger partial charge on any atom is 1.00 e. The Morgan fingerprint density at radius 1 is 1.08 bits per heavy atom. The van der Waals surface area contributed by atoms with Gasteiger partial charge in [-0.3, -0.25) is 0 Å². The molecule has 0 amide bonds. The van der Waals surface area contributed by atoms with Gasteiger partial charge < -0.3 is 9.90 Å². The molecule has 0 aliphatic heterocycles. The SMILES string of the molecule is CCC(=O)[O-].[K+].c1ccccc1. The zero-order chi connectivity index (χ0) is 8.53. The van der Waals surface area contributed by atoms with Crippen LogP contribution in [0.5, 0.6) is 0 Å². The van der Waals surface area contributed by atoms with Crippen LogP contribution in [0.15, 0.2) is 36.4 Å². The number of carboxylic acids is 1. The predicted octanol–water partition coefficient (Wildman–Crippen LogP) is -2.16. The van der Waals surface area contributed by atoms with Crippen molar-refractivity contribution in [1.82, 2.24) is 0 Å². The largest absolute Gasteiger partial charge is 1.00 e. The van der Waals surface area contributed by atoms with E-state index in [9.17, 15) is 9.90 Å². The van der Waals surface area contributed by atoms with Gasteiger partial charge in [-0.25, -0.2) is 0 Å². The smallest absolute Gasteiger partial charge is 0.550 e. The average Bonchev–Trinajstić information content (AvgIpc) is 2.09. The van der Waals surface area contributed by atoms with Crippen molar-refractivity contribution in [3.05, 3.63) is 36.4 Å². The minimum Gasteiger partial charge on any atom is -0.550 e. The molecule has 0 bridgehead atoms. The third-order valence-electron chi connectivity index (χ3n) is 0.955. The maximum atomic E-state index is 9.26. The Morgan fingerprint density at radius 3 is 1.33 bits per heavy atom. The first-order chi connectivity index (χ1) is 5.27. The molecule has 0 aliphatic carbocycles. The molecule has 0 N–H and O–H groups in total. The monoisotopic (exact) mass is 190 g/mol. The third kappa shape index (κ3) is 13.0. The van der Waals surface area contributed by atoms with Gasteiger partial charge in [0.25, 0.3) is 0 Å². The molecule has 1 aromatic rings. The van der Waals surface area contributed by atoms with E-state index < -0.39 is 5.97 Å². The second-order valence-electron chi connectivity index (χ2n) is 1.88. The Hall–Kier alpha value is 0.326. The molecule has 0 saturated carbocycles. The van der Waals surface area contributed by atoms with Gasteiger partial charge in [-0.1, -0.05) is 43.3 Å². The van der Waals surface area contributed by atoms with Crippen molar-refractivity contribution in [2.45, 2.75) is 13.3 Å². The van der Waals surface area contributed by atoms with Gasteiger partial charge in [-0.15, -0.1) is 0 Å². The molecule has 0 fully saturated rings. The van der Waals surface area contributed by atoms with Crippen molar-refractivity contribution >= 4 is 5.97 Å². The van der Waals surface area contributed by atoms with Crippen molar-refractivity contribution in [2.75, 3.05) is 0 Å². The zero-order valence-corrected chi connectivity index (χ0v) is 10.6. The van der Waals surface area contributed by atoms with E-state index in [0.29, 0.717) is 0 Å². The van der Waals surface area contributed by atoms with Crippen LogP contribution in [-0.4, -0.2) is 5.97 Å². The van der Waals surface area contributed by atoms with Crippen molar-refractivity contribution in [3.63, 3.8) is 0 Å². The van der Waals surface area contributed by atoms with Crippen molar-refractivity contribution in [1.29, 1.82) is 0 Å². The van der Waals surface area contributed by atoms with E-state index in [4.69, 9.17) is 0 Å². The minimum absolute atomic E-state index is 0. The molecule has 0 radical (unpaired) electrons. The Kier molecular flexibility index (Phi) is 14.0. The first-order valence-electron chi connectivity index (χ1n) is 3.47. The fourth-order valence-electron chi connectivity index (χ4n) is 0.385. The van der Waals surface area contributed by atoms with Crippen molar-refractivity contribution in [2.24, 2.45) is 0 Å². The van der Waals surface area contributed by atoms with E-state index in [1.165, 1.54) is 6.92 Å². The van der Waals surface area contributed by atoms with Gasteiger partial charge in [-0.05, 0) is 6.42 Å². The van der Waals surface area contributed by atoms with Crippen LogP contribution in [0.2, 0.25) is 0 Å². The number of carbonyl (C=O) groups excluding carboxylic acids is 1. The molecule has 0 unspecified atom stereocenters. The molecule has 2 nitrogen and oxygen atoms in total. The molecular formula is C9H11KO2. The number of hydrogen-bond donors (Lipinski definition) is 0. The van der Waals surface area contributed by atoms with Crippen LogP contribution in [0.25, 0.3) is 0 Å². The van der Waals surface area contributed by atoms with Gasteiger partial charge in [0, 0.05) is 5.97 Å². The molecule has 0 heterocycles. The van der Waals surface area contributed by atoms with Gasteiger partial charge in [0.05, 0.1) is 0 Å². The van der Waals surface area contributed by atoms with Crippen LogP contribution in [0.4, 0.5) is 0 Å². The summed E-state index contributed by atoms with van der Waals surface area (Å²) in [5, 5.41) is 9.26. The standard InChI is InChI=1S/C6H6.C3H6O2.K/c1-2-4-6-5-3-1;1-2-3(4)5;/h1-6H;2H2,1H3,(H,4,5);/q;;+1/p-1. The third-order valence-corrected chi connectivity index (χ3v) is 0.955. The topological polar surface area (TPSA) is 40.1 Å². The number of aliphatic carboxylic acids is 1. The molecule has 12 heavy (non-hydrogen) atoms. The van der Waals surface area contributed by atoms with Crippen LogP contribution in [0, 0.1) is 0 Å². The molecule has 0 saturated heterocycles. The fraction of sp³-hybridized carbons (Fsp3) is 0.222. The van der Waals surface area contributed by atoms with Gasteiger partial charge in [0.2, 0.25) is 0 Å². The minimum atomic E-state index is -0.995. The van der Waals surface area contributed by atoms with Gasteiger partial charge in [-0.2, -0.15) is 0 Å². The molecule has 0 aromatic heterocycles. The quantitative estimate of drug-likeness (QED) is 0.473. The van der Waals surface area contributed by atoms with Crippen LogP contribution < -0.4 is 56.5 Å². The summed E-state index contributed by atoms with van der Waals surface area (Å²) >= 11 is 0. The van der Waals surface area contributed by atoms with Crippen LogP contribution in [0.1, 0.15) is 13.3 Å². The number of hydrogen-bond acceptors (Lipinski definition) is 2. The van der Waals surface area contributed by atoms with Crippen molar-refractivity contribution in [3.8, 4) is 0 Å². The molecule has 3 heteroatoms. The summed E-state index contributed by atoms with van der Waals surface area (Å²) in [7, 11) is 0. The second kappa shape index (κ2) is 11.3. The molecule has 0 spiro atoms. The summed E-state index contributed by atoms with van der Waals surface area (Å²) in [4.78, 5) is 9.26. The van der Waals surface area contributed by atoms with Crippen LogP contribution in [0.3, 0.4) is 0 Å². The summed E-state index contributed by atoms with van der Waals surface area (Å²) in [5.41, 5.74) is 0. The Morgan fingerprint density at radius 2 is 1.25 bits per heavy atom. The Labute approximate surface area is 115 Å². The van der Waals surface area contributed by atoms with Crippen LogP contribution >= 0.6 is 0 Å². The summed E-state index contributed by atoms with van der Waals surface area (Å²) in [6.07, 6.45) is 0.111. The maximum absolute atomic E-state index is 9.26. The normalized spacial score (nSPS) is 7.08. The number of carbonyl (C=O) groups is 1. The summed E-state index contributed by atoms with van der Waals surface area (Å²) in [5.74, 6) is -0.995. The van der Waals surface area contributed by atoms with E-state index in [-0.39, 0.29) is 57.8 Å². The van der Waals surface area contributed by atoms with Gasteiger partial charge in [0.15, 0.2) is 0 Å². The number of rotatable bonds is 1. The van der Waals surface area contributed by atoms with Crippen molar-refractivity contribution < 1.29 is 61.3 Å². The van der Waals surface area contributed by atoms with E-state index in [0.717, 1.165) is 0 Å². The molecule has 1 aromatic carbocycles. The number of carboxylic acid groups (broad SMARTS) is 1. The first kappa shape index (κ1) is 14.8. The Bertz CT molecular complexity index is 160. The molecular weight excluding hydrogens is 179 g/mol. The second-order valence-corrected chi connectivity index (χ2v) is 1.88. The molecule has 0 aliphatic rings. The predicted molar refractivity (Wildman–Crippen MR) is 41.7 cm³/mol. The van der Waals surface area contributed by atoms with E-state index in [1.807, 2.05) is 36.4 Å². The first-order valence-corrected chi connectivity index (χ1v) is 3.47. The van der Waals surface area contributed by atoms with Gasteiger partial charge in [0.1, 0.15) is 0 Å². The van der Waals surface area contributed by atoms with E-state index in [2.05, 4.69) is 0 Å². The van der Waals surface area contributed by atoms with Crippen LogP contribution in [-0.2, 0) is 4.79 Å². The zero-order valence-electron chi connectivity index (χ0n) is 7.49.